The second kappa shape index (κ2) is 25.5. The molecule has 2 rings (SSSR count). The van der Waals surface area contributed by atoms with E-state index in [9.17, 15) is 33.7 Å². The maximum Gasteiger partial charge on any atom is 0.695 e. The molecule has 1 aliphatic rings. The lowest BCUT2D eigenvalue weighted by Crippen LogP contribution is -2.40. The van der Waals surface area contributed by atoms with Gasteiger partial charge in [0.2, 0.25) is 0 Å². The van der Waals surface area contributed by atoms with Crippen LogP contribution in [0, 0.1) is 0 Å². The van der Waals surface area contributed by atoms with Gasteiger partial charge in [-0.25, -0.2) is 4.79 Å². The summed E-state index contributed by atoms with van der Waals surface area (Å²) >= 11 is 0. The molecule has 15 heteroatoms. The van der Waals surface area contributed by atoms with Crippen LogP contribution in [0.2, 0.25) is 0 Å². The summed E-state index contributed by atoms with van der Waals surface area (Å²) < 4.78 is 34.2. The van der Waals surface area contributed by atoms with Gasteiger partial charge in [-0.15, -0.1) is 9.42 Å². The number of ether oxygens (including phenoxy) is 3. The second-order valence-corrected chi connectivity index (χ2v) is 13.0. The highest BCUT2D eigenvalue weighted by atomic mass is 31.1. The van der Waals surface area contributed by atoms with Gasteiger partial charge in [0.05, 0.1) is 6.61 Å². The normalized spacial score (nSPS) is 19.4. The number of amides is 1. The first-order chi connectivity index (χ1) is 23.3. The van der Waals surface area contributed by atoms with Gasteiger partial charge in [-0.05, 0) is 19.3 Å². The van der Waals surface area contributed by atoms with Crippen molar-refractivity contribution in [2.24, 2.45) is 0 Å². The Balaban J connectivity index is 1.52. The Morgan fingerprint density at radius 3 is 2.12 bits per heavy atom. The van der Waals surface area contributed by atoms with Crippen LogP contribution in [-0.4, -0.2) is 76.1 Å². The van der Waals surface area contributed by atoms with E-state index in [-0.39, 0.29) is 25.1 Å². The first kappa shape index (κ1) is 41.7. The van der Waals surface area contributed by atoms with E-state index in [1.165, 1.54) is 70.4 Å². The molecule has 4 N–H and O–H groups in total. The average Bonchev–Trinajstić information content (AvgIpc) is 3.39. The van der Waals surface area contributed by atoms with Gasteiger partial charge in [0.15, 0.2) is 18.9 Å². The van der Waals surface area contributed by atoms with Gasteiger partial charge in [-0.3, -0.25) is 23.9 Å². The van der Waals surface area contributed by atoms with Crippen LogP contribution in [0.1, 0.15) is 129 Å². The van der Waals surface area contributed by atoms with Gasteiger partial charge in [-0.2, -0.15) is 0 Å². The molecule has 1 fully saturated rings. The first-order valence-corrected chi connectivity index (χ1v) is 18.8. The molecule has 0 spiro atoms. The first-order valence-electron chi connectivity index (χ1n) is 17.7. The van der Waals surface area contributed by atoms with E-state index < -0.39 is 50.7 Å². The summed E-state index contributed by atoms with van der Waals surface area (Å²) in [6, 6.07) is 1.13. The zero-order valence-corrected chi connectivity index (χ0v) is 29.4. The van der Waals surface area contributed by atoms with Crippen molar-refractivity contribution < 1.29 is 42.9 Å². The van der Waals surface area contributed by atoms with E-state index in [0.29, 0.717) is 25.8 Å². The van der Waals surface area contributed by atoms with Crippen molar-refractivity contribution in [3.8, 4) is 0 Å². The molecule has 0 bridgehead atoms. The smallest absolute Gasteiger partial charge is 0.456 e. The minimum atomic E-state index is -3.05. The Labute approximate surface area is 284 Å². The Bertz CT molecular complexity index is 1180. The molecule has 0 saturated carbocycles. The summed E-state index contributed by atoms with van der Waals surface area (Å²) in [4.78, 5) is 59.2. The van der Waals surface area contributed by atoms with Crippen LogP contribution in [-0.2, 0) is 32.9 Å². The maximum atomic E-state index is 12.3. The Morgan fingerprint density at radius 1 is 0.917 bits per heavy atom. The van der Waals surface area contributed by atoms with Crippen molar-refractivity contribution in [3.05, 3.63) is 33.1 Å². The van der Waals surface area contributed by atoms with Crippen molar-refractivity contribution >= 4 is 20.1 Å². The Kier molecular flexibility index (Phi) is 22.1. The van der Waals surface area contributed by atoms with Crippen LogP contribution >= 0.6 is 8.25 Å². The van der Waals surface area contributed by atoms with Gasteiger partial charge < -0.3 is 24.6 Å². The number of carbonyl (C=O) groups excluding carboxylic acids is 2. The average molecular weight is 703 g/mol. The molecular formula is C33H57N3O11P+. The van der Waals surface area contributed by atoms with Crippen molar-refractivity contribution in [1.29, 1.82) is 0 Å². The third-order valence-corrected chi connectivity index (χ3v) is 8.78. The van der Waals surface area contributed by atoms with E-state index in [0.717, 1.165) is 42.7 Å². The van der Waals surface area contributed by atoms with Gasteiger partial charge in [0, 0.05) is 36.4 Å². The zero-order chi connectivity index (χ0) is 35.0. The van der Waals surface area contributed by atoms with Gasteiger partial charge in [-0.1, -0.05) is 96.8 Å². The third kappa shape index (κ3) is 17.3. The zero-order valence-electron chi connectivity index (χ0n) is 28.5. The predicted molar refractivity (Wildman–Crippen MR) is 180 cm³/mol. The number of aromatic nitrogens is 2. The van der Waals surface area contributed by atoms with Crippen LogP contribution < -0.4 is 16.6 Å². The number of carbonyl (C=O) groups is 2. The van der Waals surface area contributed by atoms with Crippen LogP contribution in [0.3, 0.4) is 0 Å². The standard InChI is InChI=1S/C33H56N3O11P/c1-2-3-4-5-6-7-8-9-10-11-12-13-16-19-29(40)45-25-28(39)34-21-17-14-15-18-23-44-31-30(47-48(42)43)26(24-37)46-32(31)36-22-20-27(38)35-33(36)41/h20,22,26,30-32,37H,2-19,21,23-25H2,1H3,(H2-,34,35,38,39,41,42,43)/p+1/t26-,30+,31?,32-/m1/s1. The minimum absolute atomic E-state index is 0.199. The lowest BCUT2D eigenvalue weighted by molar-refractivity contribution is -0.148. The molecule has 5 atom stereocenters. The van der Waals surface area contributed by atoms with Crippen LogP contribution in [0.4, 0.5) is 0 Å². The number of aliphatic hydroxyl groups is 1. The number of nitrogens with one attached hydrogen (secondary N) is 2. The van der Waals surface area contributed by atoms with E-state index >= 15 is 0 Å². The molecule has 0 radical (unpaired) electrons. The number of unbranched alkanes of at least 4 members (excludes halogenated alkanes) is 15. The summed E-state index contributed by atoms with van der Waals surface area (Å²) in [5.74, 6) is -0.689. The molecule has 1 saturated heterocycles. The maximum absolute atomic E-state index is 12.3. The molecule has 2 heterocycles. The predicted octanol–water partition coefficient (Wildman–Crippen LogP) is 4.55. The third-order valence-electron chi connectivity index (χ3n) is 8.35. The number of H-pyrrole nitrogens is 1. The minimum Gasteiger partial charge on any atom is -0.456 e. The van der Waals surface area contributed by atoms with Gasteiger partial charge in [0.1, 0.15) is 12.2 Å². The molecule has 0 aliphatic carbocycles. The number of rotatable bonds is 28. The summed E-state index contributed by atoms with van der Waals surface area (Å²) in [5.41, 5.74) is -1.37. The highest BCUT2D eigenvalue weighted by Gasteiger charge is 2.51. The summed E-state index contributed by atoms with van der Waals surface area (Å²) in [6.07, 6.45) is 16.1. The highest BCUT2D eigenvalue weighted by molar-refractivity contribution is 7.32. The van der Waals surface area contributed by atoms with Crippen LogP contribution in [0.5, 0.6) is 0 Å². The lowest BCUT2D eigenvalue weighted by atomic mass is 10.0. The fourth-order valence-corrected chi connectivity index (χ4v) is 6.16. The SMILES string of the molecule is CCCCCCCCCCCCCCCC(=O)OCC(=O)NCCCCCCOC1[C@@H](O[P+](=O)O)[C@@H](CO)O[C@H]1n1ccc(=O)[nH]c1=O. The fraction of sp³-hybridized carbons (Fsp3) is 0.818. The number of hydrogen-bond acceptors (Lipinski definition) is 10. The molecule has 1 aliphatic heterocycles. The monoisotopic (exact) mass is 702 g/mol. The number of nitrogens with zero attached hydrogens (tertiary/aromatic N) is 1. The van der Waals surface area contributed by atoms with Crippen molar-refractivity contribution in [2.75, 3.05) is 26.4 Å². The van der Waals surface area contributed by atoms with E-state index in [4.69, 9.17) is 18.7 Å². The molecule has 14 nitrogen and oxygen atoms in total. The number of hydrogen-bond donors (Lipinski definition) is 4. The fourth-order valence-electron chi connectivity index (χ4n) is 5.70. The summed E-state index contributed by atoms with van der Waals surface area (Å²) in [6.45, 7) is 2.04. The molecular weight excluding hydrogens is 645 g/mol. The van der Waals surface area contributed by atoms with Crippen LogP contribution in [0.15, 0.2) is 21.9 Å². The van der Waals surface area contributed by atoms with Crippen molar-refractivity contribution in [1.82, 2.24) is 14.9 Å². The quantitative estimate of drug-likeness (QED) is 0.0544. The molecule has 0 aromatic carbocycles. The molecule has 274 valence electrons. The highest BCUT2D eigenvalue weighted by Crippen LogP contribution is 2.37. The molecule has 48 heavy (non-hydrogen) atoms. The van der Waals surface area contributed by atoms with Crippen LogP contribution in [0.25, 0.3) is 0 Å². The van der Waals surface area contributed by atoms with Gasteiger partial charge in [0.25, 0.3) is 11.5 Å². The number of esters is 1. The van der Waals surface area contributed by atoms with Crippen molar-refractivity contribution in [3.63, 3.8) is 0 Å². The van der Waals surface area contributed by atoms with Crippen molar-refractivity contribution in [2.45, 2.75) is 147 Å². The number of aromatic amines is 1. The van der Waals surface area contributed by atoms with E-state index in [1.54, 1.807) is 0 Å². The largest absolute Gasteiger partial charge is 0.695 e. The molecule has 1 amide bonds. The Hall–Kier alpha value is -2.48. The topological polar surface area (TPSA) is 195 Å². The summed E-state index contributed by atoms with van der Waals surface area (Å²) in [7, 11) is -3.05. The summed E-state index contributed by atoms with van der Waals surface area (Å²) in [5, 5.41) is 12.5. The van der Waals surface area contributed by atoms with E-state index in [2.05, 4.69) is 17.2 Å². The molecule has 1 aromatic rings. The molecule has 1 aromatic heterocycles. The van der Waals surface area contributed by atoms with E-state index in [1.807, 2.05) is 0 Å². The number of aliphatic hydroxyl groups excluding tert-OH is 1. The lowest BCUT2D eigenvalue weighted by Gasteiger charge is -2.22. The Morgan fingerprint density at radius 2 is 1.52 bits per heavy atom. The second-order valence-electron chi connectivity index (χ2n) is 12.3. The molecule has 2 unspecified atom stereocenters. The van der Waals surface area contributed by atoms with Gasteiger partial charge >= 0.3 is 19.9 Å².